The Morgan fingerprint density at radius 3 is 2.34 bits per heavy atom. The first-order valence-corrected chi connectivity index (χ1v) is 12.0. The standard InChI is InChI=1S/C23H29ClN4O3.ClH/c24-20-22-26-25-21(16-5-7-18(8-6-16)27-9-11-29-12-10-27)28(22)19-4-2-1-3-17(19)15-23(20)30-13-14-31-23;/h1-4,16,18,20H,5-15H2;1H/t16-,18-,20?;. The molecular weight excluding hydrogens is 451 g/mol. The van der Waals surface area contributed by atoms with Crippen LogP contribution >= 0.6 is 24.0 Å². The predicted octanol–water partition coefficient (Wildman–Crippen LogP) is 3.63. The third-order valence-corrected chi connectivity index (χ3v) is 7.92. The van der Waals surface area contributed by atoms with Crippen molar-refractivity contribution < 1.29 is 14.2 Å². The Morgan fingerprint density at radius 1 is 0.906 bits per heavy atom. The molecule has 4 aliphatic rings. The van der Waals surface area contributed by atoms with Crippen LogP contribution in [0.15, 0.2) is 24.3 Å². The molecule has 7 nitrogen and oxygen atoms in total. The second kappa shape index (κ2) is 9.20. The van der Waals surface area contributed by atoms with Gasteiger partial charge in [-0.2, -0.15) is 0 Å². The van der Waals surface area contributed by atoms with Crippen molar-refractivity contribution in [1.82, 2.24) is 19.7 Å². The zero-order chi connectivity index (χ0) is 20.8. The van der Waals surface area contributed by atoms with Crippen LogP contribution in [0.5, 0.6) is 0 Å². The molecule has 2 aromatic rings. The second-order valence-electron chi connectivity index (χ2n) is 9.08. The minimum atomic E-state index is -0.871. The fourth-order valence-corrected chi connectivity index (χ4v) is 6.12. The van der Waals surface area contributed by atoms with E-state index in [2.05, 4.69) is 43.9 Å². The van der Waals surface area contributed by atoms with Crippen molar-refractivity contribution in [3.63, 3.8) is 0 Å². The van der Waals surface area contributed by atoms with Crippen LogP contribution in [0.25, 0.3) is 5.69 Å². The summed E-state index contributed by atoms with van der Waals surface area (Å²) in [6.45, 7) is 4.93. The fraction of sp³-hybridized carbons (Fsp3) is 0.652. The van der Waals surface area contributed by atoms with Crippen molar-refractivity contribution in [2.75, 3.05) is 39.5 Å². The van der Waals surface area contributed by atoms with Gasteiger partial charge in [0.2, 0.25) is 0 Å². The maximum atomic E-state index is 6.99. The molecule has 174 valence electrons. The molecule has 3 fully saturated rings. The lowest BCUT2D eigenvalue weighted by molar-refractivity contribution is -0.159. The van der Waals surface area contributed by atoms with Gasteiger partial charge in [0.15, 0.2) is 11.6 Å². The van der Waals surface area contributed by atoms with E-state index in [0.717, 1.165) is 62.0 Å². The normalized spacial score (nSPS) is 29.7. The summed E-state index contributed by atoms with van der Waals surface area (Å²) in [6, 6.07) is 9.07. The van der Waals surface area contributed by atoms with Gasteiger partial charge in [0.25, 0.3) is 0 Å². The van der Waals surface area contributed by atoms with Crippen molar-refractivity contribution in [2.45, 2.75) is 55.2 Å². The van der Waals surface area contributed by atoms with Crippen LogP contribution < -0.4 is 0 Å². The van der Waals surface area contributed by atoms with E-state index in [1.807, 2.05) is 0 Å². The first-order valence-electron chi connectivity index (χ1n) is 11.5. The van der Waals surface area contributed by atoms with Gasteiger partial charge in [0.1, 0.15) is 11.2 Å². The van der Waals surface area contributed by atoms with Crippen LogP contribution in [0.2, 0.25) is 0 Å². The van der Waals surface area contributed by atoms with Crippen molar-refractivity contribution >= 4 is 24.0 Å². The molecule has 1 spiro atoms. The second-order valence-corrected chi connectivity index (χ2v) is 9.52. The lowest BCUT2D eigenvalue weighted by Gasteiger charge is -2.38. The van der Waals surface area contributed by atoms with E-state index in [1.54, 1.807) is 0 Å². The first kappa shape index (κ1) is 22.6. The number of rotatable bonds is 2. The third-order valence-electron chi connectivity index (χ3n) is 7.40. The summed E-state index contributed by atoms with van der Waals surface area (Å²) in [6.07, 6.45) is 5.23. The molecule has 0 bridgehead atoms. The minimum absolute atomic E-state index is 0. The number of halogens is 2. The molecule has 4 heterocycles. The van der Waals surface area contributed by atoms with Crippen molar-refractivity contribution in [3.05, 3.63) is 41.5 Å². The molecule has 1 saturated carbocycles. The number of morpholine rings is 1. The van der Waals surface area contributed by atoms with Gasteiger partial charge in [-0.3, -0.25) is 9.47 Å². The molecule has 2 saturated heterocycles. The smallest absolute Gasteiger partial charge is 0.196 e. The molecule has 3 aliphatic heterocycles. The summed E-state index contributed by atoms with van der Waals surface area (Å²) in [5, 5.41) is 8.78. The summed E-state index contributed by atoms with van der Waals surface area (Å²) < 4.78 is 19.9. The summed E-state index contributed by atoms with van der Waals surface area (Å²) in [5.74, 6) is 1.28. The van der Waals surface area contributed by atoms with Crippen LogP contribution in [0.3, 0.4) is 0 Å². The number of ether oxygens (including phenoxy) is 3. The Balaban J connectivity index is 0.00000216. The molecule has 32 heavy (non-hydrogen) atoms. The van der Waals surface area contributed by atoms with Crippen molar-refractivity contribution in [3.8, 4) is 5.69 Å². The molecule has 0 N–H and O–H groups in total. The van der Waals surface area contributed by atoms with Gasteiger partial charge in [0, 0.05) is 31.5 Å². The van der Waals surface area contributed by atoms with Gasteiger partial charge < -0.3 is 14.2 Å². The molecule has 1 aromatic carbocycles. The topological polar surface area (TPSA) is 61.6 Å². The number of para-hydroxylation sites is 1. The predicted molar refractivity (Wildman–Crippen MR) is 123 cm³/mol. The van der Waals surface area contributed by atoms with Gasteiger partial charge in [-0.1, -0.05) is 18.2 Å². The Morgan fingerprint density at radius 2 is 1.59 bits per heavy atom. The lowest BCUT2D eigenvalue weighted by Crippen LogP contribution is -2.44. The number of hydrogen-bond donors (Lipinski definition) is 0. The summed E-state index contributed by atoms with van der Waals surface area (Å²) in [4.78, 5) is 2.60. The highest BCUT2D eigenvalue weighted by atomic mass is 35.5. The highest BCUT2D eigenvalue weighted by Gasteiger charge is 2.50. The van der Waals surface area contributed by atoms with Gasteiger partial charge in [0.05, 0.1) is 32.1 Å². The van der Waals surface area contributed by atoms with Crippen molar-refractivity contribution in [2.24, 2.45) is 0 Å². The van der Waals surface area contributed by atoms with Gasteiger partial charge in [-0.25, -0.2) is 0 Å². The number of nitrogens with zero attached hydrogens (tertiary/aromatic N) is 4. The number of fused-ring (bicyclic) bond motifs is 3. The minimum Gasteiger partial charge on any atom is -0.379 e. The molecule has 0 radical (unpaired) electrons. The number of hydrogen-bond acceptors (Lipinski definition) is 6. The lowest BCUT2D eigenvalue weighted by atomic mass is 9.84. The maximum Gasteiger partial charge on any atom is 0.196 e. The number of alkyl halides is 1. The van der Waals surface area contributed by atoms with Gasteiger partial charge >= 0.3 is 0 Å². The molecule has 6 rings (SSSR count). The van der Waals surface area contributed by atoms with E-state index in [-0.39, 0.29) is 12.4 Å². The summed E-state index contributed by atoms with van der Waals surface area (Å²) in [5.41, 5.74) is 2.27. The van der Waals surface area contributed by atoms with Crippen LogP contribution in [0, 0.1) is 0 Å². The maximum absolute atomic E-state index is 6.99. The summed E-state index contributed by atoms with van der Waals surface area (Å²) >= 11 is 6.99. The highest BCUT2D eigenvalue weighted by Crippen LogP contribution is 2.46. The van der Waals surface area contributed by atoms with Crippen LogP contribution in [-0.2, 0) is 20.6 Å². The van der Waals surface area contributed by atoms with E-state index in [9.17, 15) is 0 Å². The highest BCUT2D eigenvalue weighted by molar-refractivity contribution is 6.21. The Kier molecular flexibility index (Phi) is 6.49. The summed E-state index contributed by atoms with van der Waals surface area (Å²) in [7, 11) is 0. The Bertz CT molecular complexity index is 935. The van der Waals surface area contributed by atoms with Gasteiger partial charge in [-0.15, -0.1) is 34.2 Å². The molecule has 1 aliphatic carbocycles. The van der Waals surface area contributed by atoms with Gasteiger partial charge in [-0.05, 0) is 37.3 Å². The van der Waals surface area contributed by atoms with Crippen LogP contribution in [-0.4, -0.2) is 71.0 Å². The number of benzene rings is 1. The fourth-order valence-electron chi connectivity index (χ4n) is 5.78. The van der Waals surface area contributed by atoms with E-state index in [4.69, 9.17) is 25.8 Å². The molecular formula is C23H30Cl2N4O3. The van der Waals surface area contributed by atoms with E-state index in [1.165, 1.54) is 12.8 Å². The molecule has 9 heteroatoms. The average Bonchev–Trinajstić information content (AvgIpc) is 3.46. The Labute approximate surface area is 199 Å². The number of aromatic nitrogens is 3. The largest absolute Gasteiger partial charge is 0.379 e. The molecule has 0 amide bonds. The monoisotopic (exact) mass is 480 g/mol. The molecule has 1 aromatic heterocycles. The quantitative estimate of drug-likeness (QED) is 0.611. The molecule has 1 atom stereocenters. The van der Waals surface area contributed by atoms with E-state index in [0.29, 0.717) is 31.6 Å². The zero-order valence-corrected chi connectivity index (χ0v) is 19.7. The SMILES string of the molecule is Cl.ClC1c2nnc([C@H]3CC[C@H](N4CCOCC4)CC3)n2-c2ccccc2CC12OCCO2. The molecule has 1 unspecified atom stereocenters. The van der Waals surface area contributed by atoms with E-state index >= 15 is 0 Å². The third kappa shape index (κ3) is 3.77. The van der Waals surface area contributed by atoms with E-state index < -0.39 is 11.2 Å². The van der Waals surface area contributed by atoms with Crippen molar-refractivity contribution in [1.29, 1.82) is 0 Å². The first-order chi connectivity index (χ1) is 15.3. The average molecular weight is 481 g/mol. The Hall–Kier alpha value is -1.22. The zero-order valence-electron chi connectivity index (χ0n) is 18.1. The van der Waals surface area contributed by atoms with Crippen LogP contribution in [0.4, 0.5) is 0 Å². The van der Waals surface area contributed by atoms with Crippen LogP contribution in [0.1, 0.15) is 54.2 Å².